The Balaban J connectivity index is 1.47. The molecule has 1 aromatic carbocycles. The number of piperidine rings is 1. The second-order valence-corrected chi connectivity index (χ2v) is 16.9. The van der Waals surface area contributed by atoms with E-state index in [0.717, 1.165) is 46.2 Å². The summed E-state index contributed by atoms with van der Waals surface area (Å²) in [6.07, 6.45) is 5.11. The van der Waals surface area contributed by atoms with E-state index in [1.54, 1.807) is 27.6 Å². The van der Waals surface area contributed by atoms with E-state index in [2.05, 4.69) is 77.9 Å². The second-order valence-electron chi connectivity index (χ2n) is 9.99. The summed E-state index contributed by atoms with van der Waals surface area (Å²) in [6, 6.07) is 6.79. The van der Waals surface area contributed by atoms with Gasteiger partial charge in [-0.3, -0.25) is 9.52 Å². The molecule has 210 valence electrons. The average molecular weight is 891 g/mol. The van der Waals surface area contributed by atoms with Crippen molar-refractivity contribution >= 4 is 101 Å². The largest absolute Gasteiger partial charge is 0.390 e. The summed E-state index contributed by atoms with van der Waals surface area (Å²) in [4.78, 5) is 22.7. The molecule has 5 rings (SSSR count). The quantitative estimate of drug-likeness (QED) is 0.282. The van der Waals surface area contributed by atoms with Crippen LogP contribution in [0.2, 0.25) is 0 Å². The summed E-state index contributed by atoms with van der Waals surface area (Å²) in [7, 11) is -3.56. The molecule has 3 atom stereocenters. The van der Waals surface area contributed by atoms with Crippen LogP contribution in [0.5, 0.6) is 0 Å². The molecule has 2 aromatic heterocycles. The number of hydrogen-bond donors (Lipinski definition) is 2. The van der Waals surface area contributed by atoms with Gasteiger partial charge >= 0.3 is 0 Å². The van der Waals surface area contributed by atoms with Crippen LogP contribution in [0.1, 0.15) is 46.9 Å². The van der Waals surface area contributed by atoms with Gasteiger partial charge < -0.3 is 14.9 Å². The molecule has 2 aliphatic heterocycles. The normalized spacial score (nSPS) is 22.2. The molecule has 11 nitrogen and oxygen atoms in total. The fourth-order valence-electron chi connectivity index (χ4n) is 5.26. The molecular formula is C24H28I3N7O4S. The average Bonchev–Trinajstić information content (AvgIpc) is 3.46. The van der Waals surface area contributed by atoms with Gasteiger partial charge in [0.25, 0.3) is 5.91 Å². The first kappa shape index (κ1) is 29.5. The highest BCUT2D eigenvalue weighted by molar-refractivity contribution is 14.2. The summed E-state index contributed by atoms with van der Waals surface area (Å²) in [6.45, 7) is 3.71. The van der Waals surface area contributed by atoms with Gasteiger partial charge in [-0.05, 0) is 67.0 Å². The van der Waals surface area contributed by atoms with Gasteiger partial charge in [0.05, 0.1) is 41.4 Å². The van der Waals surface area contributed by atoms with E-state index in [1.165, 1.54) is 0 Å². The Kier molecular flexibility index (Phi) is 8.83. The van der Waals surface area contributed by atoms with Crippen molar-refractivity contribution in [3.8, 4) is 0 Å². The Labute approximate surface area is 268 Å². The van der Waals surface area contributed by atoms with E-state index in [1.807, 2.05) is 20.5 Å². The number of aryl methyl sites for hydroxylation is 1. The second kappa shape index (κ2) is 11.7. The fourth-order valence-corrected chi connectivity index (χ4v) is 7.42. The number of nitrogens with one attached hydrogen (secondary N) is 1. The van der Waals surface area contributed by atoms with Crippen molar-refractivity contribution in [1.29, 1.82) is 0 Å². The number of aliphatic hydroxyl groups is 1. The van der Waals surface area contributed by atoms with Crippen LogP contribution in [-0.4, -0.2) is 78.3 Å². The molecule has 4 heterocycles. The van der Waals surface area contributed by atoms with E-state index in [0.29, 0.717) is 30.8 Å². The Hall–Kier alpha value is -1.03. The van der Waals surface area contributed by atoms with E-state index >= 15 is 0 Å². The molecule has 0 unspecified atom stereocenters. The monoisotopic (exact) mass is 891 g/mol. The Morgan fingerprint density at radius 2 is 1.97 bits per heavy atom. The lowest BCUT2D eigenvalue weighted by atomic mass is 9.98. The number of amides is 1. The van der Waals surface area contributed by atoms with Crippen LogP contribution in [0.25, 0.3) is 5.65 Å². The van der Waals surface area contributed by atoms with Gasteiger partial charge in [-0.25, -0.2) is 17.9 Å². The number of hydrogen-bond acceptors (Lipinski definition) is 8. The third-order valence-electron chi connectivity index (χ3n) is 7.05. The zero-order chi connectivity index (χ0) is 28.1. The van der Waals surface area contributed by atoms with Gasteiger partial charge in [0.15, 0.2) is 5.65 Å². The zero-order valence-electron chi connectivity index (χ0n) is 21.3. The van der Waals surface area contributed by atoms with Gasteiger partial charge in [0, 0.05) is 86.8 Å². The third kappa shape index (κ3) is 6.41. The maximum atomic E-state index is 13.9. The first-order valence-electron chi connectivity index (χ1n) is 12.4. The third-order valence-corrected chi connectivity index (χ3v) is 9.74. The Bertz CT molecular complexity index is 1520. The highest BCUT2D eigenvalue weighted by Crippen LogP contribution is 2.35. The van der Waals surface area contributed by atoms with Gasteiger partial charge in [0.2, 0.25) is 10.0 Å². The van der Waals surface area contributed by atoms with Gasteiger partial charge in [-0.2, -0.15) is 6.43 Å². The lowest BCUT2D eigenvalue weighted by Gasteiger charge is -2.35. The van der Waals surface area contributed by atoms with E-state index in [9.17, 15) is 18.3 Å². The van der Waals surface area contributed by atoms with Crippen LogP contribution in [-0.2, 0) is 10.0 Å². The zero-order valence-corrected chi connectivity index (χ0v) is 28.5. The van der Waals surface area contributed by atoms with Crippen LogP contribution in [0.15, 0.2) is 30.5 Å². The molecule has 0 aliphatic carbocycles. The molecule has 2 fully saturated rings. The predicted octanol–water partition coefficient (Wildman–Crippen LogP) is 3.93. The summed E-state index contributed by atoms with van der Waals surface area (Å²) in [5, 5.41) is 15.3. The molecule has 2 saturated heterocycles. The predicted molar refractivity (Wildman–Crippen MR) is 175 cm³/mol. The van der Waals surface area contributed by atoms with Crippen molar-refractivity contribution in [2.24, 2.45) is 0 Å². The number of benzene rings is 1. The topological polar surface area (TPSA) is 123 Å². The number of anilines is 2. The maximum absolute atomic E-state index is 13.9. The smallest absolute Gasteiger partial charge is 0.256 e. The highest BCUT2D eigenvalue weighted by Gasteiger charge is 2.36. The molecule has 39 heavy (non-hydrogen) atoms. The molecule has 0 saturated carbocycles. The van der Waals surface area contributed by atoms with Crippen molar-refractivity contribution in [3.63, 3.8) is 0 Å². The standard InChI is InChI=1S/C24H28I3N7O4S/c1-14-11-33-22(28-23(14)31-12-20(34(26)27)21(35)13-31)10-18(29-33)19-5-3-4-8-32(19)24(36)16-9-15(25)6-7-17(16)30-39(2,37)38/h6-7,9-11,19-21,30,35H,3-5,8,12-13H2,1-2H3/t19-,20-,21+/m0/s1. The van der Waals surface area contributed by atoms with Crippen molar-refractivity contribution < 1.29 is 18.3 Å². The van der Waals surface area contributed by atoms with Gasteiger partial charge in [0.1, 0.15) is 5.82 Å². The molecule has 15 heteroatoms. The first-order valence-corrected chi connectivity index (χ1v) is 17.3. The van der Waals surface area contributed by atoms with E-state index < -0.39 is 16.1 Å². The van der Waals surface area contributed by atoms with Crippen molar-refractivity contribution in [2.75, 3.05) is 35.5 Å². The molecule has 0 radical (unpaired) electrons. The number of β-amino-alcohol motifs (C(OH)–C–C–N with tert-alkyl or cyclic N) is 1. The molecule has 3 aromatic rings. The number of aromatic nitrogens is 3. The molecule has 2 N–H and O–H groups in total. The number of sulfonamides is 1. The Morgan fingerprint density at radius 3 is 2.67 bits per heavy atom. The number of rotatable bonds is 6. The van der Waals surface area contributed by atoms with Gasteiger partial charge in [-0.1, -0.05) is 0 Å². The molecule has 1 amide bonds. The summed E-state index contributed by atoms with van der Waals surface area (Å²) in [5.74, 6) is 0.586. The van der Waals surface area contributed by atoms with Crippen molar-refractivity contribution in [1.82, 2.24) is 20.8 Å². The minimum atomic E-state index is -3.56. The molecule has 0 spiro atoms. The molecule has 2 aliphatic rings. The summed E-state index contributed by atoms with van der Waals surface area (Å²) < 4.78 is 31.0. The lowest BCUT2D eigenvalue weighted by molar-refractivity contribution is 0.0606. The number of carbonyl (C=O) groups excluding carboxylic acids is 1. The molecule has 0 bridgehead atoms. The highest BCUT2D eigenvalue weighted by atomic mass is 127. The van der Waals surface area contributed by atoms with Crippen LogP contribution >= 0.6 is 68.3 Å². The van der Waals surface area contributed by atoms with Crippen LogP contribution in [0.3, 0.4) is 0 Å². The fraction of sp³-hybridized carbons (Fsp3) is 0.458. The maximum Gasteiger partial charge on any atom is 0.256 e. The number of aliphatic hydroxyl groups excluding tert-OH is 1. The minimum absolute atomic E-state index is 0.00836. The number of likely N-dealkylation sites (tertiary alicyclic amines) is 1. The number of nitrogens with zero attached hydrogens (tertiary/aromatic N) is 6. The molecular weight excluding hydrogens is 863 g/mol. The van der Waals surface area contributed by atoms with Crippen LogP contribution < -0.4 is 9.62 Å². The summed E-state index contributed by atoms with van der Waals surface area (Å²) >= 11 is 6.51. The van der Waals surface area contributed by atoms with E-state index in [-0.39, 0.29) is 23.7 Å². The minimum Gasteiger partial charge on any atom is -0.390 e. The van der Waals surface area contributed by atoms with Crippen molar-refractivity contribution in [3.05, 3.63) is 50.9 Å². The van der Waals surface area contributed by atoms with E-state index in [4.69, 9.17) is 10.1 Å². The SMILES string of the molecule is Cc1cn2nc([C@@H]3CCCCN3C(=O)c3cc(I)ccc3NS(C)(=O)=O)cc2nc1N1C[C@@H](O)[C@@H](N(I)I)C1. The number of fused-ring (bicyclic) bond motifs is 1. The summed E-state index contributed by atoms with van der Waals surface area (Å²) in [5.41, 5.74) is 2.97. The van der Waals surface area contributed by atoms with Crippen LogP contribution in [0, 0.1) is 10.5 Å². The Morgan fingerprint density at radius 1 is 1.21 bits per heavy atom. The van der Waals surface area contributed by atoms with Gasteiger partial charge in [-0.15, -0.1) is 0 Å². The van der Waals surface area contributed by atoms with Crippen LogP contribution in [0.4, 0.5) is 11.5 Å². The number of halogens is 3. The lowest BCUT2D eigenvalue weighted by Crippen LogP contribution is -2.39. The number of carbonyl (C=O) groups is 1. The van der Waals surface area contributed by atoms with Crippen molar-refractivity contribution in [2.45, 2.75) is 44.4 Å². The first-order chi connectivity index (χ1) is 18.4.